The number of Topliss-reactive ketones (excluding diaryl/α,β-unsaturated/α-hetero) is 1. The van der Waals surface area contributed by atoms with Gasteiger partial charge in [-0.1, -0.05) is 26.0 Å². The van der Waals surface area contributed by atoms with Crippen LogP contribution in [0.1, 0.15) is 32.4 Å². The maximum absolute atomic E-state index is 11.4. The number of hydrogen-bond donors (Lipinski definition) is 1. The standard InChI is InChI=1S/C13H19NOS/c1-9(2)16-12-7-5-11(6-8-12)13(14-4)10(3)15/h5-9,13-14H,1-4H3. The quantitative estimate of drug-likeness (QED) is 0.798. The molecule has 2 nitrogen and oxygen atoms in total. The zero-order valence-electron chi connectivity index (χ0n) is 10.3. The van der Waals surface area contributed by atoms with Crippen molar-refractivity contribution in [2.75, 3.05) is 7.05 Å². The summed E-state index contributed by atoms with van der Waals surface area (Å²) in [6.07, 6.45) is 0. The molecule has 0 heterocycles. The van der Waals surface area contributed by atoms with E-state index in [1.807, 2.05) is 30.9 Å². The lowest BCUT2D eigenvalue weighted by Crippen LogP contribution is -2.23. The molecule has 0 aromatic heterocycles. The van der Waals surface area contributed by atoms with Gasteiger partial charge in [0.05, 0.1) is 6.04 Å². The third-order valence-electron chi connectivity index (χ3n) is 2.28. The number of carbonyl (C=O) groups is 1. The molecule has 1 rings (SSSR count). The minimum Gasteiger partial charge on any atom is -0.307 e. The van der Waals surface area contributed by atoms with Crippen molar-refractivity contribution in [3.63, 3.8) is 0 Å². The monoisotopic (exact) mass is 237 g/mol. The average molecular weight is 237 g/mol. The second kappa shape index (κ2) is 6.06. The Kier molecular flexibility index (Phi) is 5.03. The number of carbonyl (C=O) groups excluding carboxylic acids is 1. The molecule has 1 aromatic carbocycles. The van der Waals surface area contributed by atoms with Crippen molar-refractivity contribution in [1.29, 1.82) is 0 Å². The third-order valence-corrected chi connectivity index (χ3v) is 3.30. The second-order valence-electron chi connectivity index (χ2n) is 4.07. The Labute approximate surface area is 102 Å². The van der Waals surface area contributed by atoms with Crippen LogP contribution in [0.25, 0.3) is 0 Å². The molecule has 0 fully saturated rings. The number of likely N-dealkylation sites (N-methyl/N-ethyl adjacent to an activating group) is 1. The molecule has 0 saturated carbocycles. The van der Waals surface area contributed by atoms with Gasteiger partial charge in [-0.3, -0.25) is 4.79 Å². The molecule has 0 spiro atoms. The van der Waals surface area contributed by atoms with E-state index in [1.165, 1.54) is 4.90 Å². The molecule has 1 atom stereocenters. The van der Waals surface area contributed by atoms with Gasteiger partial charge in [0.1, 0.15) is 0 Å². The molecule has 88 valence electrons. The van der Waals surface area contributed by atoms with E-state index in [4.69, 9.17) is 0 Å². The van der Waals surface area contributed by atoms with Gasteiger partial charge in [-0.2, -0.15) is 0 Å². The number of ketones is 1. The molecule has 0 amide bonds. The van der Waals surface area contributed by atoms with Crippen LogP contribution in [0, 0.1) is 0 Å². The van der Waals surface area contributed by atoms with Gasteiger partial charge in [-0.15, -0.1) is 11.8 Å². The van der Waals surface area contributed by atoms with Gasteiger partial charge < -0.3 is 5.32 Å². The van der Waals surface area contributed by atoms with Crippen LogP contribution >= 0.6 is 11.8 Å². The fraction of sp³-hybridized carbons (Fsp3) is 0.462. The summed E-state index contributed by atoms with van der Waals surface area (Å²) < 4.78 is 0. The highest BCUT2D eigenvalue weighted by Gasteiger charge is 2.13. The lowest BCUT2D eigenvalue weighted by Gasteiger charge is -2.13. The van der Waals surface area contributed by atoms with Gasteiger partial charge in [0.15, 0.2) is 5.78 Å². The predicted molar refractivity (Wildman–Crippen MR) is 69.9 cm³/mol. The predicted octanol–water partition coefficient (Wildman–Crippen LogP) is 3.04. The molecule has 16 heavy (non-hydrogen) atoms. The van der Waals surface area contributed by atoms with Crippen molar-refractivity contribution in [1.82, 2.24) is 5.32 Å². The molecular formula is C13H19NOS. The summed E-state index contributed by atoms with van der Waals surface area (Å²) in [4.78, 5) is 12.6. The lowest BCUT2D eigenvalue weighted by molar-refractivity contribution is -0.119. The fourth-order valence-electron chi connectivity index (χ4n) is 1.62. The third kappa shape index (κ3) is 3.65. The summed E-state index contributed by atoms with van der Waals surface area (Å²) in [5.41, 5.74) is 1.03. The van der Waals surface area contributed by atoms with Gasteiger partial charge in [0, 0.05) is 10.1 Å². The number of thioether (sulfide) groups is 1. The summed E-state index contributed by atoms with van der Waals surface area (Å²) in [6, 6.07) is 8.01. The molecule has 3 heteroatoms. The van der Waals surface area contributed by atoms with Crippen molar-refractivity contribution in [3.8, 4) is 0 Å². The number of rotatable bonds is 5. The Morgan fingerprint density at radius 2 is 1.81 bits per heavy atom. The van der Waals surface area contributed by atoms with E-state index >= 15 is 0 Å². The van der Waals surface area contributed by atoms with Crippen molar-refractivity contribution in [2.24, 2.45) is 0 Å². The van der Waals surface area contributed by atoms with E-state index in [9.17, 15) is 4.79 Å². The first-order chi connectivity index (χ1) is 7.54. The van der Waals surface area contributed by atoms with Crippen LogP contribution in [0.4, 0.5) is 0 Å². The first-order valence-corrected chi connectivity index (χ1v) is 6.37. The molecule has 1 unspecified atom stereocenters. The zero-order valence-corrected chi connectivity index (χ0v) is 11.1. The SMILES string of the molecule is CNC(C(C)=O)c1ccc(SC(C)C)cc1. The molecule has 0 aliphatic carbocycles. The van der Waals surface area contributed by atoms with Gasteiger partial charge in [-0.25, -0.2) is 0 Å². The second-order valence-corrected chi connectivity index (χ2v) is 5.72. The van der Waals surface area contributed by atoms with E-state index in [-0.39, 0.29) is 11.8 Å². The molecule has 0 saturated heterocycles. The minimum absolute atomic E-state index is 0.145. The molecule has 0 aliphatic heterocycles. The van der Waals surface area contributed by atoms with Crippen LogP contribution in [0.15, 0.2) is 29.2 Å². The van der Waals surface area contributed by atoms with E-state index in [0.29, 0.717) is 5.25 Å². The molecule has 0 radical (unpaired) electrons. The normalized spacial score (nSPS) is 12.8. The maximum Gasteiger partial charge on any atom is 0.151 e. The van der Waals surface area contributed by atoms with Crippen LogP contribution in [-0.4, -0.2) is 18.1 Å². The van der Waals surface area contributed by atoms with Gasteiger partial charge >= 0.3 is 0 Å². The van der Waals surface area contributed by atoms with Crippen molar-refractivity contribution < 1.29 is 4.79 Å². The van der Waals surface area contributed by atoms with E-state index in [2.05, 4.69) is 31.3 Å². The van der Waals surface area contributed by atoms with E-state index in [0.717, 1.165) is 5.56 Å². The summed E-state index contributed by atoms with van der Waals surface area (Å²) in [7, 11) is 1.81. The number of hydrogen-bond acceptors (Lipinski definition) is 3. The first-order valence-electron chi connectivity index (χ1n) is 5.49. The highest BCUT2D eigenvalue weighted by atomic mass is 32.2. The summed E-state index contributed by atoms with van der Waals surface area (Å²) in [5, 5.41) is 3.60. The lowest BCUT2D eigenvalue weighted by atomic mass is 10.0. The summed E-state index contributed by atoms with van der Waals surface area (Å²) in [5.74, 6) is 0.145. The van der Waals surface area contributed by atoms with Crippen LogP contribution in [0.3, 0.4) is 0 Å². The molecule has 0 aliphatic rings. The summed E-state index contributed by atoms with van der Waals surface area (Å²) >= 11 is 1.83. The largest absolute Gasteiger partial charge is 0.307 e. The Balaban J connectivity index is 2.81. The van der Waals surface area contributed by atoms with Crippen molar-refractivity contribution in [3.05, 3.63) is 29.8 Å². The Morgan fingerprint density at radius 1 is 1.25 bits per heavy atom. The highest BCUT2D eigenvalue weighted by Crippen LogP contribution is 2.24. The molecule has 1 N–H and O–H groups in total. The van der Waals surface area contributed by atoms with Gasteiger partial charge in [0.2, 0.25) is 0 Å². The Bertz CT molecular complexity index is 345. The zero-order chi connectivity index (χ0) is 12.1. The Hall–Kier alpha value is -0.800. The minimum atomic E-state index is -0.182. The van der Waals surface area contributed by atoms with Crippen LogP contribution in [-0.2, 0) is 4.79 Å². The topological polar surface area (TPSA) is 29.1 Å². The molecule has 1 aromatic rings. The highest BCUT2D eigenvalue weighted by molar-refractivity contribution is 7.99. The van der Waals surface area contributed by atoms with Crippen molar-refractivity contribution >= 4 is 17.5 Å². The van der Waals surface area contributed by atoms with Crippen LogP contribution in [0.5, 0.6) is 0 Å². The van der Waals surface area contributed by atoms with E-state index in [1.54, 1.807) is 6.92 Å². The molecule has 0 bridgehead atoms. The number of nitrogens with one attached hydrogen (secondary N) is 1. The molecular weight excluding hydrogens is 218 g/mol. The smallest absolute Gasteiger partial charge is 0.151 e. The van der Waals surface area contributed by atoms with E-state index < -0.39 is 0 Å². The van der Waals surface area contributed by atoms with Gasteiger partial charge in [-0.05, 0) is 31.7 Å². The average Bonchev–Trinajstić information content (AvgIpc) is 2.20. The fourth-order valence-corrected chi connectivity index (χ4v) is 2.45. The summed E-state index contributed by atoms with van der Waals surface area (Å²) in [6.45, 7) is 5.95. The maximum atomic E-state index is 11.4. The first kappa shape index (κ1) is 13.3. The van der Waals surface area contributed by atoms with Crippen molar-refractivity contribution in [2.45, 2.75) is 37.0 Å². The number of benzene rings is 1. The van der Waals surface area contributed by atoms with Crippen LogP contribution in [0.2, 0.25) is 0 Å². The van der Waals surface area contributed by atoms with Crippen LogP contribution < -0.4 is 5.32 Å². The van der Waals surface area contributed by atoms with Gasteiger partial charge in [0.25, 0.3) is 0 Å². The Morgan fingerprint density at radius 3 is 2.19 bits per heavy atom.